The molecule has 0 radical (unpaired) electrons. The van der Waals surface area contributed by atoms with Gasteiger partial charge in [0.05, 0.1) is 6.61 Å². The number of ether oxygens (including phenoxy) is 1. The van der Waals surface area contributed by atoms with Crippen LogP contribution in [-0.2, 0) is 0 Å². The summed E-state index contributed by atoms with van der Waals surface area (Å²) in [5.74, 6) is 1.90. The zero-order valence-electron chi connectivity index (χ0n) is 11.1. The fourth-order valence-corrected chi connectivity index (χ4v) is 2.76. The third-order valence-corrected chi connectivity index (χ3v) is 3.89. The smallest absolute Gasteiger partial charge is 0.121 e. The molecule has 98 valence electrons. The van der Waals surface area contributed by atoms with Gasteiger partial charge in [0, 0.05) is 37.4 Å². The van der Waals surface area contributed by atoms with Gasteiger partial charge in [-0.05, 0) is 37.8 Å². The Morgan fingerprint density at radius 1 is 1.39 bits per heavy atom. The van der Waals surface area contributed by atoms with Crippen LogP contribution in [0.2, 0.25) is 0 Å². The molecular formula is C15H22N2O. The van der Waals surface area contributed by atoms with E-state index < -0.39 is 0 Å². The zero-order chi connectivity index (χ0) is 12.4. The maximum absolute atomic E-state index is 5.58. The average molecular weight is 246 g/mol. The summed E-state index contributed by atoms with van der Waals surface area (Å²) in [7, 11) is 0. The van der Waals surface area contributed by atoms with Gasteiger partial charge in [-0.15, -0.1) is 0 Å². The predicted molar refractivity (Wildman–Crippen MR) is 74.3 cm³/mol. The van der Waals surface area contributed by atoms with Gasteiger partial charge in [-0.25, -0.2) is 0 Å². The highest BCUT2D eigenvalue weighted by Crippen LogP contribution is 2.34. The zero-order valence-corrected chi connectivity index (χ0v) is 11.1. The van der Waals surface area contributed by atoms with Crippen molar-refractivity contribution in [2.24, 2.45) is 5.92 Å². The highest BCUT2D eigenvalue weighted by Gasteiger charge is 2.34. The lowest BCUT2D eigenvalue weighted by Crippen LogP contribution is -2.51. The Morgan fingerprint density at radius 2 is 2.28 bits per heavy atom. The van der Waals surface area contributed by atoms with Gasteiger partial charge in [-0.3, -0.25) is 0 Å². The first-order chi connectivity index (χ1) is 8.86. The maximum Gasteiger partial charge on any atom is 0.121 e. The van der Waals surface area contributed by atoms with Crippen molar-refractivity contribution in [2.75, 3.05) is 31.1 Å². The van der Waals surface area contributed by atoms with E-state index in [0.29, 0.717) is 6.04 Å². The molecule has 1 saturated carbocycles. The summed E-state index contributed by atoms with van der Waals surface area (Å²) in [6.07, 6.45) is 2.81. The second kappa shape index (κ2) is 5.19. The first-order valence-electron chi connectivity index (χ1n) is 7.08. The predicted octanol–water partition coefficient (Wildman–Crippen LogP) is 2.27. The monoisotopic (exact) mass is 246 g/mol. The topological polar surface area (TPSA) is 24.5 Å². The van der Waals surface area contributed by atoms with Crippen molar-refractivity contribution in [1.82, 2.24) is 5.32 Å². The van der Waals surface area contributed by atoms with Crippen molar-refractivity contribution >= 4 is 5.69 Å². The largest absolute Gasteiger partial charge is 0.494 e. The number of anilines is 1. The molecule has 1 aromatic carbocycles. The van der Waals surface area contributed by atoms with Gasteiger partial charge in [0.25, 0.3) is 0 Å². The molecule has 3 nitrogen and oxygen atoms in total. The van der Waals surface area contributed by atoms with Crippen molar-refractivity contribution in [2.45, 2.75) is 25.8 Å². The first kappa shape index (κ1) is 11.8. The van der Waals surface area contributed by atoms with E-state index in [1.165, 1.54) is 18.5 Å². The molecule has 1 aromatic rings. The molecule has 1 heterocycles. The molecule has 1 atom stereocenters. The van der Waals surface area contributed by atoms with Crippen LogP contribution >= 0.6 is 0 Å². The summed E-state index contributed by atoms with van der Waals surface area (Å²) in [4.78, 5) is 2.49. The van der Waals surface area contributed by atoms with Crippen molar-refractivity contribution < 1.29 is 4.74 Å². The SMILES string of the molecule is CCOc1cccc(N2CCNC(C3CC3)C2)c1. The number of benzene rings is 1. The lowest BCUT2D eigenvalue weighted by atomic mass is 10.1. The van der Waals surface area contributed by atoms with Crippen LogP contribution in [0.5, 0.6) is 5.75 Å². The molecule has 1 aliphatic heterocycles. The van der Waals surface area contributed by atoms with E-state index in [0.717, 1.165) is 37.9 Å². The van der Waals surface area contributed by atoms with Gasteiger partial charge < -0.3 is 15.0 Å². The van der Waals surface area contributed by atoms with E-state index in [2.05, 4.69) is 28.4 Å². The molecule has 3 heteroatoms. The number of nitrogens with zero attached hydrogens (tertiary/aromatic N) is 1. The number of hydrogen-bond donors (Lipinski definition) is 1. The molecule has 1 saturated heterocycles. The van der Waals surface area contributed by atoms with Crippen molar-refractivity contribution in [3.8, 4) is 5.75 Å². The van der Waals surface area contributed by atoms with Crippen LogP contribution in [0, 0.1) is 5.92 Å². The molecule has 0 bridgehead atoms. The first-order valence-corrected chi connectivity index (χ1v) is 7.08. The third-order valence-electron chi connectivity index (χ3n) is 3.89. The van der Waals surface area contributed by atoms with Gasteiger partial charge in [-0.1, -0.05) is 6.07 Å². The van der Waals surface area contributed by atoms with Crippen molar-refractivity contribution in [3.05, 3.63) is 24.3 Å². The fourth-order valence-electron chi connectivity index (χ4n) is 2.76. The van der Waals surface area contributed by atoms with Gasteiger partial charge in [0.2, 0.25) is 0 Å². The van der Waals surface area contributed by atoms with E-state index in [-0.39, 0.29) is 0 Å². The summed E-state index contributed by atoms with van der Waals surface area (Å²) >= 11 is 0. The minimum atomic E-state index is 0.689. The number of piperazine rings is 1. The Hall–Kier alpha value is -1.22. The molecule has 1 unspecified atom stereocenters. The fraction of sp³-hybridized carbons (Fsp3) is 0.600. The number of hydrogen-bond acceptors (Lipinski definition) is 3. The van der Waals surface area contributed by atoms with Crippen LogP contribution in [-0.4, -0.2) is 32.3 Å². The lowest BCUT2D eigenvalue weighted by Gasteiger charge is -2.35. The molecule has 0 aromatic heterocycles. The average Bonchev–Trinajstić information content (AvgIpc) is 3.24. The third kappa shape index (κ3) is 2.61. The summed E-state index contributed by atoms with van der Waals surface area (Å²) in [6, 6.07) is 9.17. The van der Waals surface area contributed by atoms with E-state index in [1.807, 2.05) is 13.0 Å². The Labute approximate surface area is 109 Å². The van der Waals surface area contributed by atoms with E-state index >= 15 is 0 Å². The lowest BCUT2D eigenvalue weighted by molar-refractivity contribution is 0.340. The highest BCUT2D eigenvalue weighted by molar-refractivity contribution is 5.51. The van der Waals surface area contributed by atoms with E-state index in [4.69, 9.17) is 4.74 Å². The van der Waals surface area contributed by atoms with Crippen LogP contribution in [0.1, 0.15) is 19.8 Å². The Kier molecular flexibility index (Phi) is 3.41. The van der Waals surface area contributed by atoms with Crippen LogP contribution in [0.4, 0.5) is 5.69 Å². The Bertz CT molecular complexity index is 403. The standard InChI is InChI=1S/C15H22N2O/c1-2-18-14-5-3-4-13(10-14)17-9-8-16-15(11-17)12-6-7-12/h3-5,10,12,15-16H,2,6-9,11H2,1H3. The highest BCUT2D eigenvalue weighted by atomic mass is 16.5. The quantitative estimate of drug-likeness (QED) is 0.882. The van der Waals surface area contributed by atoms with Crippen molar-refractivity contribution in [3.63, 3.8) is 0 Å². The molecule has 18 heavy (non-hydrogen) atoms. The number of nitrogens with one attached hydrogen (secondary N) is 1. The molecule has 3 rings (SSSR count). The van der Waals surface area contributed by atoms with Crippen LogP contribution in [0.25, 0.3) is 0 Å². The van der Waals surface area contributed by atoms with Crippen LogP contribution in [0.3, 0.4) is 0 Å². The minimum absolute atomic E-state index is 0.689. The normalized spacial score (nSPS) is 24.1. The van der Waals surface area contributed by atoms with Gasteiger partial charge in [-0.2, -0.15) is 0 Å². The Balaban J connectivity index is 1.70. The van der Waals surface area contributed by atoms with E-state index in [1.54, 1.807) is 0 Å². The van der Waals surface area contributed by atoms with Crippen LogP contribution in [0.15, 0.2) is 24.3 Å². The van der Waals surface area contributed by atoms with E-state index in [9.17, 15) is 0 Å². The molecule has 1 N–H and O–H groups in total. The maximum atomic E-state index is 5.58. The summed E-state index contributed by atoms with van der Waals surface area (Å²) in [6.45, 7) is 6.09. The molecule has 2 fully saturated rings. The minimum Gasteiger partial charge on any atom is -0.494 e. The molecule has 2 aliphatic rings. The molecule has 0 spiro atoms. The second-order valence-electron chi connectivity index (χ2n) is 5.27. The van der Waals surface area contributed by atoms with Gasteiger partial charge in [0.15, 0.2) is 0 Å². The van der Waals surface area contributed by atoms with Gasteiger partial charge in [0.1, 0.15) is 5.75 Å². The molecule has 1 aliphatic carbocycles. The van der Waals surface area contributed by atoms with Gasteiger partial charge >= 0.3 is 0 Å². The van der Waals surface area contributed by atoms with Crippen molar-refractivity contribution in [1.29, 1.82) is 0 Å². The summed E-state index contributed by atoms with van der Waals surface area (Å²) in [5, 5.41) is 3.65. The Morgan fingerprint density at radius 3 is 3.06 bits per heavy atom. The summed E-state index contributed by atoms with van der Waals surface area (Å²) in [5.41, 5.74) is 1.30. The summed E-state index contributed by atoms with van der Waals surface area (Å²) < 4.78 is 5.58. The van der Waals surface area contributed by atoms with Crippen LogP contribution < -0.4 is 15.0 Å². The number of rotatable bonds is 4. The second-order valence-corrected chi connectivity index (χ2v) is 5.27. The molecular weight excluding hydrogens is 224 g/mol. The molecule has 0 amide bonds.